The molecular formula is C18H18N4O2S. The highest BCUT2D eigenvalue weighted by atomic mass is 32.2. The van der Waals surface area contributed by atoms with Crippen LogP contribution in [-0.4, -0.2) is 33.5 Å². The lowest BCUT2D eigenvalue weighted by atomic mass is 10.1. The second-order valence-electron chi connectivity index (χ2n) is 5.71. The van der Waals surface area contributed by atoms with Crippen molar-refractivity contribution in [2.24, 2.45) is 0 Å². The summed E-state index contributed by atoms with van der Waals surface area (Å²) in [5.41, 5.74) is 3.68. The number of ether oxygens (including phenoxy) is 1. The van der Waals surface area contributed by atoms with E-state index in [9.17, 15) is 0 Å². The van der Waals surface area contributed by atoms with E-state index in [0.717, 1.165) is 33.8 Å². The molecule has 1 N–H and O–H groups in total. The number of methoxy groups -OCH3 is 1. The van der Waals surface area contributed by atoms with E-state index in [0.29, 0.717) is 24.0 Å². The van der Waals surface area contributed by atoms with E-state index in [1.165, 1.54) is 4.90 Å². The Labute approximate surface area is 149 Å². The van der Waals surface area contributed by atoms with Crippen LogP contribution in [0.25, 0.3) is 33.4 Å². The monoisotopic (exact) mass is 354 g/mol. The summed E-state index contributed by atoms with van der Waals surface area (Å²) in [6.45, 7) is 2.41. The Kier molecular flexibility index (Phi) is 4.19. The molecule has 0 unspecified atom stereocenters. The number of hydrogen-bond acceptors (Lipinski definition) is 6. The SMILES string of the molecule is CCc1noc(-c2ncc3[nH]c4ccc(SC)cc4c3c2COC)n1. The van der Waals surface area contributed by atoms with Gasteiger partial charge in [-0.05, 0) is 24.5 Å². The number of aromatic amines is 1. The lowest BCUT2D eigenvalue weighted by molar-refractivity contribution is 0.186. The zero-order valence-corrected chi connectivity index (χ0v) is 15.1. The number of rotatable bonds is 5. The molecule has 0 atom stereocenters. The number of nitrogens with zero attached hydrogens (tertiary/aromatic N) is 3. The van der Waals surface area contributed by atoms with Crippen LogP contribution in [0.2, 0.25) is 0 Å². The van der Waals surface area contributed by atoms with Gasteiger partial charge in [-0.3, -0.25) is 0 Å². The van der Waals surface area contributed by atoms with Crippen LogP contribution >= 0.6 is 11.8 Å². The second kappa shape index (κ2) is 6.50. The molecule has 0 aliphatic heterocycles. The van der Waals surface area contributed by atoms with Crippen LogP contribution in [0.15, 0.2) is 33.8 Å². The molecule has 0 aliphatic rings. The molecule has 0 saturated heterocycles. The van der Waals surface area contributed by atoms with E-state index in [4.69, 9.17) is 9.26 Å². The molecule has 3 aromatic heterocycles. The van der Waals surface area contributed by atoms with E-state index in [1.54, 1.807) is 18.9 Å². The minimum Gasteiger partial charge on any atom is -0.380 e. The van der Waals surface area contributed by atoms with Gasteiger partial charge in [0.05, 0.1) is 18.3 Å². The average molecular weight is 354 g/mol. The Hall–Kier alpha value is -2.38. The number of pyridine rings is 1. The average Bonchev–Trinajstić information content (AvgIpc) is 3.25. The fourth-order valence-corrected chi connectivity index (χ4v) is 3.47. The normalized spacial score (nSPS) is 11.6. The van der Waals surface area contributed by atoms with Gasteiger partial charge in [0.15, 0.2) is 5.82 Å². The minimum absolute atomic E-state index is 0.417. The number of aryl methyl sites for hydroxylation is 1. The van der Waals surface area contributed by atoms with Crippen LogP contribution < -0.4 is 0 Å². The number of H-pyrrole nitrogens is 1. The van der Waals surface area contributed by atoms with Crippen LogP contribution in [-0.2, 0) is 17.8 Å². The molecule has 0 amide bonds. The van der Waals surface area contributed by atoms with Gasteiger partial charge in [-0.1, -0.05) is 12.1 Å². The van der Waals surface area contributed by atoms with Gasteiger partial charge >= 0.3 is 0 Å². The van der Waals surface area contributed by atoms with Crippen molar-refractivity contribution < 1.29 is 9.26 Å². The van der Waals surface area contributed by atoms with Gasteiger partial charge in [-0.25, -0.2) is 4.98 Å². The van der Waals surface area contributed by atoms with Gasteiger partial charge in [-0.2, -0.15) is 4.98 Å². The molecule has 0 saturated carbocycles. The summed E-state index contributed by atoms with van der Waals surface area (Å²) in [6.07, 6.45) is 4.61. The first-order chi connectivity index (χ1) is 12.2. The van der Waals surface area contributed by atoms with E-state index >= 15 is 0 Å². The van der Waals surface area contributed by atoms with Crippen LogP contribution in [0.3, 0.4) is 0 Å². The van der Waals surface area contributed by atoms with Crippen molar-refractivity contribution in [3.05, 3.63) is 35.8 Å². The van der Waals surface area contributed by atoms with E-state index < -0.39 is 0 Å². The first-order valence-electron chi connectivity index (χ1n) is 8.04. The van der Waals surface area contributed by atoms with Gasteiger partial charge in [-0.15, -0.1) is 11.8 Å². The maximum absolute atomic E-state index is 5.46. The molecule has 3 heterocycles. The molecule has 4 aromatic rings. The molecule has 1 aromatic carbocycles. The summed E-state index contributed by atoms with van der Waals surface area (Å²) in [5.74, 6) is 1.10. The van der Waals surface area contributed by atoms with Crippen molar-refractivity contribution in [3.8, 4) is 11.6 Å². The zero-order chi connectivity index (χ0) is 17.4. The highest BCUT2D eigenvalue weighted by Gasteiger charge is 2.19. The minimum atomic E-state index is 0.417. The largest absolute Gasteiger partial charge is 0.380 e. The van der Waals surface area contributed by atoms with Gasteiger partial charge in [0.25, 0.3) is 5.89 Å². The molecule has 25 heavy (non-hydrogen) atoms. The van der Waals surface area contributed by atoms with Gasteiger partial charge in [0.2, 0.25) is 0 Å². The molecular weight excluding hydrogens is 336 g/mol. The van der Waals surface area contributed by atoms with Crippen molar-refractivity contribution in [3.63, 3.8) is 0 Å². The van der Waals surface area contributed by atoms with E-state index in [2.05, 4.69) is 44.6 Å². The number of fused-ring (bicyclic) bond motifs is 3. The van der Waals surface area contributed by atoms with E-state index in [1.807, 2.05) is 13.1 Å². The van der Waals surface area contributed by atoms with Gasteiger partial charge < -0.3 is 14.2 Å². The molecule has 128 valence electrons. The molecule has 0 aliphatic carbocycles. The molecule has 0 spiro atoms. The van der Waals surface area contributed by atoms with Crippen LogP contribution in [0.4, 0.5) is 0 Å². The first kappa shape index (κ1) is 16.1. The molecule has 0 radical (unpaired) electrons. The summed E-state index contributed by atoms with van der Waals surface area (Å²) in [5, 5.41) is 6.23. The predicted molar refractivity (Wildman–Crippen MR) is 98.8 cm³/mol. The molecule has 0 fully saturated rings. The third kappa shape index (κ3) is 2.69. The highest BCUT2D eigenvalue weighted by molar-refractivity contribution is 7.98. The predicted octanol–water partition coefficient (Wildman–Crippen LogP) is 4.20. The van der Waals surface area contributed by atoms with Crippen LogP contribution in [0.5, 0.6) is 0 Å². The fourth-order valence-electron chi connectivity index (χ4n) is 3.03. The molecule has 6 nitrogen and oxygen atoms in total. The van der Waals surface area contributed by atoms with Crippen molar-refractivity contribution in [1.29, 1.82) is 0 Å². The summed E-state index contributed by atoms with van der Waals surface area (Å²) in [7, 11) is 1.68. The Morgan fingerprint density at radius 2 is 2.16 bits per heavy atom. The van der Waals surface area contributed by atoms with Crippen LogP contribution in [0.1, 0.15) is 18.3 Å². The summed E-state index contributed by atoms with van der Waals surface area (Å²) in [6, 6.07) is 6.39. The van der Waals surface area contributed by atoms with Crippen LogP contribution in [0, 0.1) is 0 Å². The quantitative estimate of drug-likeness (QED) is 0.541. The third-order valence-corrected chi connectivity index (χ3v) is 4.95. The Morgan fingerprint density at radius 3 is 2.88 bits per heavy atom. The van der Waals surface area contributed by atoms with Crippen molar-refractivity contribution in [1.82, 2.24) is 20.1 Å². The van der Waals surface area contributed by atoms with Gasteiger partial charge in [0.1, 0.15) is 5.69 Å². The summed E-state index contributed by atoms with van der Waals surface area (Å²) < 4.78 is 10.9. The number of aromatic nitrogens is 4. The van der Waals surface area contributed by atoms with Gasteiger partial charge in [0, 0.05) is 40.3 Å². The smallest absolute Gasteiger partial charge is 0.276 e. The first-order valence-corrected chi connectivity index (χ1v) is 9.26. The Bertz CT molecular complexity index is 1050. The van der Waals surface area contributed by atoms with Crippen molar-refractivity contribution in [2.45, 2.75) is 24.8 Å². The fraction of sp³-hybridized carbons (Fsp3) is 0.278. The van der Waals surface area contributed by atoms with Crippen molar-refractivity contribution in [2.75, 3.05) is 13.4 Å². The molecule has 4 rings (SSSR count). The number of benzene rings is 1. The topological polar surface area (TPSA) is 76.8 Å². The number of thioether (sulfide) groups is 1. The lowest BCUT2D eigenvalue weighted by Gasteiger charge is -2.07. The maximum atomic E-state index is 5.46. The maximum Gasteiger partial charge on any atom is 0.276 e. The number of nitrogens with one attached hydrogen (secondary N) is 1. The van der Waals surface area contributed by atoms with E-state index in [-0.39, 0.29) is 0 Å². The molecule has 7 heteroatoms. The lowest BCUT2D eigenvalue weighted by Crippen LogP contribution is -1.97. The summed E-state index contributed by atoms with van der Waals surface area (Å²) >= 11 is 1.72. The Morgan fingerprint density at radius 1 is 1.28 bits per heavy atom. The third-order valence-electron chi connectivity index (χ3n) is 4.22. The Balaban J connectivity index is 2.03. The standard InChI is InChI=1S/C18H18N4O2S/c1-4-15-21-18(24-22-15)17-12(9-23-2)16-11-7-10(25-3)5-6-13(11)20-14(16)8-19-17/h5-8,20H,4,9H2,1-3H3. The number of hydrogen-bond donors (Lipinski definition) is 1. The second-order valence-corrected chi connectivity index (χ2v) is 6.59. The highest BCUT2D eigenvalue weighted by Crippen LogP contribution is 2.35. The summed E-state index contributed by atoms with van der Waals surface area (Å²) in [4.78, 5) is 13.6. The van der Waals surface area contributed by atoms with Crippen molar-refractivity contribution >= 4 is 33.6 Å². The molecule has 0 bridgehead atoms. The zero-order valence-electron chi connectivity index (χ0n) is 14.3.